The van der Waals surface area contributed by atoms with Crippen molar-refractivity contribution in [3.8, 4) is 0 Å². The maximum absolute atomic E-state index is 11.7. The zero-order valence-corrected chi connectivity index (χ0v) is 11.9. The summed E-state index contributed by atoms with van der Waals surface area (Å²) in [4.78, 5) is 13.6. The monoisotopic (exact) mass is 279 g/mol. The third kappa shape index (κ3) is 2.60. The van der Waals surface area contributed by atoms with Gasteiger partial charge in [0.25, 0.3) is 0 Å². The van der Waals surface area contributed by atoms with E-state index in [0.29, 0.717) is 31.3 Å². The number of esters is 1. The predicted octanol–water partition coefficient (Wildman–Crippen LogP) is 1.51. The zero-order valence-electron chi connectivity index (χ0n) is 11.9. The summed E-state index contributed by atoms with van der Waals surface area (Å²) in [5.74, 6) is 2.88. The number of β-amino-alcohol motifs (C(OH)–C–C–N with tert-alkyl or cyclic N) is 1. The van der Waals surface area contributed by atoms with Crippen LogP contribution in [0, 0.1) is 5.92 Å². The summed E-state index contributed by atoms with van der Waals surface area (Å²) in [7, 11) is 1.38. The number of likely N-dealkylation sites (tertiary alicyclic amines) is 1. The summed E-state index contributed by atoms with van der Waals surface area (Å²) in [6.07, 6.45) is 1.15. The number of ether oxygens (including phenoxy) is 1. The molecule has 0 amide bonds. The lowest BCUT2D eigenvalue weighted by molar-refractivity contribution is -0.146. The van der Waals surface area contributed by atoms with Crippen molar-refractivity contribution in [3.63, 3.8) is 0 Å². The van der Waals surface area contributed by atoms with Crippen molar-refractivity contribution in [2.75, 3.05) is 13.7 Å². The molecular formula is C15H21NO4. The first-order valence-corrected chi connectivity index (χ1v) is 7.17. The molecule has 1 aliphatic heterocycles. The highest BCUT2D eigenvalue weighted by Crippen LogP contribution is 2.47. The Kier molecular flexibility index (Phi) is 3.56. The van der Waals surface area contributed by atoms with Crippen molar-refractivity contribution >= 4 is 5.97 Å². The molecule has 1 aromatic rings. The van der Waals surface area contributed by atoms with Crippen LogP contribution in [0.1, 0.15) is 37.2 Å². The van der Waals surface area contributed by atoms with Crippen LogP contribution in [-0.2, 0) is 16.1 Å². The molecule has 1 aromatic heterocycles. The maximum atomic E-state index is 11.7. The van der Waals surface area contributed by atoms with Crippen LogP contribution in [0.2, 0.25) is 0 Å². The fourth-order valence-corrected chi connectivity index (χ4v) is 3.03. The van der Waals surface area contributed by atoms with Gasteiger partial charge in [-0.25, -0.2) is 0 Å². The van der Waals surface area contributed by atoms with Crippen LogP contribution in [0.5, 0.6) is 0 Å². The van der Waals surface area contributed by atoms with E-state index in [4.69, 9.17) is 9.15 Å². The Hall–Kier alpha value is -1.33. The number of methoxy groups -OCH3 is 1. The fraction of sp³-hybridized carbons (Fsp3) is 0.667. The Morgan fingerprint density at radius 1 is 1.50 bits per heavy atom. The quantitative estimate of drug-likeness (QED) is 0.846. The van der Waals surface area contributed by atoms with Crippen molar-refractivity contribution in [1.29, 1.82) is 0 Å². The Balaban J connectivity index is 1.66. The molecule has 2 heterocycles. The summed E-state index contributed by atoms with van der Waals surface area (Å²) >= 11 is 0. The molecule has 0 aromatic carbocycles. The van der Waals surface area contributed by atoms with Crippen LogP contribution in [0.3, 0.4) is 0 Å². The van der Waals surface area contributed by atoms with Crippen LogP contribution in [0.4, 0.5) is 0 Å². The van der Waals surface area contributed by atoms with E-state index in [0.717, 1.165) is 11.5 Å². The van der Waals surface area contributed by atoms with Crippen molar-refractivity contribution in [3.05, 3.63) is 23.7 Å². The van der Waals surface area contributed by atoms with Gasteiger partial charge in [-0.3, -0.25) is 9.69 Å². The number of carbonyl (C=O) groups excluding carboxylic acids is 1. The van der Waals surface area contributed by atoms with E-state index < -0.39 is 6.10 Å². The lowest BCUT2D eigenvalue weighted by Crippen LogP contribution is -2.36. The average Bonchev–Trinajstić information content (AvgIpc) is 2.85. The molecule has 110 valence electrons. The number of furan rings is 1. The highest BCUT2D eigenvalue weighted by Gasteiger charge is 2.38. The summed E-state index contributed by atoms with van der Waals surface area (Å²) < 4.78 is 10.7. The van der Waals surface area contributed by atoms with Gasteiger partial charge in [0.1, 0.15) is 17.6 Å². The first-order valence-electron chi connectivity index (χ1n) is 7.17. The smallest absolute Gasteiger partial charge is 0.323 e. The predicted molar refractivity (Wildman–Crippen MR) is 72.1 cm³/mol. The van der Waals surface area contributed by atoms with E-state index >= 15 is 0 Å². The molecule has 3 rings (SSSR count). The van der Waals surface area contributed by atoms with E-state index in [-0.39, 0.29) is 12.0 Å². The molecule has 0 spiro atoms. The van der Waals surface area contributed by atoms with Crippen molar-refractivity contribution in [2.45, 2.75) is 44.4 Å². The molecule has 1 saturated carbocycles. The summed E-state index contributed by atoms with van der Waals surface area (Å²) in [5, 5.41) is 9.75. The summed E-state index contributed by atoms with van der Waals surface area (Å²) in [6.45, 7) is 3.24. The standard InChI is InChI=1S/C15H21NO4/c1-9-5-12(9)14-4-3-11(20-14)8-16-7-10(17)6-13(16)15(18)19-2/h3-4,9-10,12-13,17H,5-8H2,1-2H3/t9-,10-,12-,13-/m0/s1. The molecule has 5 nitrogen and oxygen atoms in total. The molecule has 5 heteroatoms. The number of aliphatic hydroxyl groups is 1. The second kappa shape index (κ2) is 5.22. The normalized spacial score (nSPS) is 33.4. The molecule has 0 bridgehead atoms. The molecule has 0 radical (unpaired) electrons. The van der Waals surface area contributed by atoms with E-state index in [1.165, 1.54) is 13.5 Å². The highest BCUT2D eigenvalue weighted by atomic mass is 16.5. The summed E-state index contributed by atoms with van der Waals surface area (Å²) in [6, 6.07) is 3.63. The minimum absolute atomic E-state index is 0.288. The lowest BCUT2D eigenvalue weighted by atomic mass is 10.2. The van der Waals surface area contributed by atoms with Crippen LogP contribution in [0.15, 0.2) is 16.5 Å². The second-order valence-corrected chi connectivity index (χ2v) is 5.98. The minimum Gasteiger partial charge on any atom is -0.468 e. The van der Waals surface area contributed by atoms with Gasteiger partial charge in [-0.05, 0) is 24.5 Å². The first kappa shape index (κ1) is 13.6. The van der Waals surface area contributed by atoms with E-state index in [9.17, 15) is 9.90 Å². The number of nitrogens with zero attached hydrogens (tertiary/aromatic N) is 1. The fourth-order valence-electron chi connectivity index (χ4n) is 3.03. The highest BCUT2D eigenvalue weighted by molar-refractivity contribution is 5.76. The minimum atomic E-state index is -0.475. The van der Waals surface area contributed by atoms with Crippen molar-refractivity contribution < 1.29 is 19.1 Å². The lowest BCUT2D eigenvalue weighted by Gasteiger charge is -2.20. The Labute approximate surface area is 118 Å². The van der Waals surface area contributed by atoms with Crippen molar-refractivity contribution in [1.82, 2.24) is 4.90 Å². The van der Waals surface area contributed by atoms with Gasteiger partial charge in [0.05, 0.1) is 19.8 Å². The molecule has 1 N–H and O–H groups in total. The van der Waals surface area contributed by atoms with Crippen LogP contribution in [-0.4, -0.2) is 41.8 Å². The van der Waals surface area contributed by atoms with Gasteiger partial charge in [-0.15, -0.1) is 0 Å². The third-order valence-corrected chi connectivity index (χ3v) is 4.37. The van der Waals surface area contributed by atoms with Gasteiger partial charge >= 0.3 is 5.97 Å². The number of hydrogen-bond donors (Lipinski definition) is 1. The van der Waals surface area contributed by atoms with Gasteiger partial charge in [0.15, 0.2) is 0 Å². The van der Waals surface area contributed by atoms with Crippen LogP contribution >= 0.6 is 0 Å². The van der Waals surface area contributed by atoms with Gasteiger partial charge < -0.3 is 14.3 Å². The molecule has 4 atom stereocenters. The van der Waals surface area contributed by atoms with Gasteiger partial charge in [0, 0.05) is 18.9 Å². The molecule has 0 unspecified atom stereocenters. The van der Waals surface area contributed by atoms with Crippen LogP contribution < -0.4 is 0 Å². The molecular weight excluding hydrogens is 258 g/mol. The molecule has 20 heavy (non-hydrogen) atoms. The first-order chi connectivity index (χ1) is 9.58. The van der Waals surface area contributed by atoms with E-state index in [2.05, 4.69) is 6.92 Å². The van der Waals surface area contributed by atoms with Crippen molar-refractivity contribution in [2.24, 2.45) is 5.92 Å². The zero-order chi connectivity index (χ0) is 14.3. The Morgan fingerprint density at radius 2 is 2.25 bits per heavy atom. The largest absolute Gasteiger partial charge is 0.468 e. The van der Waals surface area contributed by atoms with Gasteiger partial charge in [-0.2, -0.15) is 0 Å². The molecule has 2 fully saturated rings. The SMILES string of the molecule is COC(=O)[C@@H]1C[C@H](O)CN1Cc1ccc([C@H]2C[C@@H]2C)o1. The number of aliphatic hydroxyl groups excluding tert-OH is 1. The van der Waals surface area contributed by atoms with Gasteiger partial charge in [0.2, 0.25) is 0 Å². The maximum Gasteiger partial charge on any atom is 0.323 e. The Morgan fingerprint density at radius 3 is 2.90 bits per heavy atom. The average molecular weight is 279 g/mol. The second-order valence-electron chi connectivity index (χ2n) is 5.98. The number of rotatable bonds is 4. The topological polar surface area (TPSA) is 62.9 Å². The Bertz CT molecular complexity index is 498. The third-order valence-electron chi connectivity index (χ3n) is 4.37. The molecule has 1 saturated heterocycles. The molecule has 2 aliphatic rings. The number of hydrogen-bond acceptors (Lipinski definition) is 5. The van der Waals surface area contributed by atoms with Gasteiger partial charge in [-0.1, -0.05) is 6.92 Å². The van der Waals surface area contributed by atoms with E-state index in [1.54, 1.807) is 0 Å². The summed E-state index contributed by atoms with van der Waals surface area (Å²) in [5.41, 5.74) is 0. The number of carbonyl (C=O) groups is 1. The molecule has 1 aliphatic carbocycles. The van der Waals surface area contributed by atoms with E-state index in [1.807, 2.05) is 17.0 Å². The van der Waals surface area contributed by atoms with Crippen LogP contribution in [0.25, 0.3) is 0 Å².